The van der Waals surface area contributed by atoms with Crippen LogP contribution in [0.25, 0.3) is 5.69 Å². The highest BCUT2D eigenvalue weighted by molar-refractivity contribution is 5.92. The molecule has 150 valence electrons. The number of carbonyl (C=O) groups excluding carboxylic acids is 2. The Hall–Kier alpha value is -3.81. The van der Waals surface area contributed by atoms with Crippen LogP contribution >= 0.6 is 0 Å². The Morgan fingerprint density at radius 3 is 2.31 bits per heavy atom. The molecule has 0 bridgehead atoms. The van der Waals surface area contributed by atoms with Gasteiger partial charge in [-0.25, -0.2) is 9.48 Å². The molecule has 0 atom stereocenters. The van der Waals surface area contributed by atoms with Gasteiger partial charge in [-0.2, -0.15) is 0 Å². The van der Waals surface area contributed by atoms with E-state index in [1.165, 1.54) is 11.8 Å². The largest absolute Gasteiger partial charge is 0.484 e. The molecule has 0 spiro atoms. The first kappa shape index (κ1) is 19.9. The molecule has 0 aliphatic heterocycles. The number of ether oxygens (including phenoxy) is 2. The molecule has 3 aromatic rings. The maximum Gasteiger partial charge on any atom is 0.337 e. The average molecular weight is 395 g/mol. The van der Waals surface area contributed by atoms with Crippen molar-refractivity contribution in [2.75, 3.05) is 19.0 Å². The van der Waals surface area contributed by atoms with Gasteiger partial charge in [-0.3, -0.25) is 14.3 Å². The molecular weight excluding hydrogens is 374 g/mol. The summed E-state index contributed by atoms with van der Waals surface area (Å²) in [6.07, 6.45) is 0. The van der Waals surface area contributed by atoms with Gasteiger partial charge in [0, 0.05) is 7.05 Å². The van der Waals surface area contributed by atoms with Gasteiger partial charge < -0.3 is 14.8 Å². The van der Waals surface area contributed by atoms with E-state index < -0.39 is 11.9 Å². The zero-order valence-corrected chi connectivity index (χ0v) is 16.3. The average Bonchev–Trinajstić information content (AvgIpc) is 2.95. The van der Waals surface area contributed by atoms with Crippen molar-refractivity contribution in [2.45, 2.75) is 6.92 Å². The van der Waals surface area contributed by atoms with Gasteiger partial charge in [0.25, 0.3) is 11.5 Å². The summed E-state index contributed by atoms with van der Waals surface area (Å²) in [5, 5.41) is 2.63. The maximum absolute atomic E-state index is 12.8. The smallest absolute Gasteiger partial charge is 0.337 e. The minimum atomic E-state index is -0.465. The second-order valence-corrected chi connectivity index (χ2v) is 6.29. The van der Waals surface area contributed by atoms with Crippen LogP contribution in [-0.4, -0.2) is 35.0 Å². The number of nitrogens with one attached hydrogen (secondary N) is 1. The quantitative estimate of drug-likeness (QED) is 0.647. The van der Waals surface area contributed by atoms with Crippen LogP contribution in [0.4, 0.5) is 5.69 Å². The number of para-hydroxylation sites is 1. The molecule has 0 aliphatic rings. The van der Waals surface area contributed by atoms with Gasteiger partial charge in [0.15, 0.2) is 6.61 Å². The molecule has 2 aromatic carbocycles. The van der Waals surface area contributed by atoms with Crippen LogP contribution in [0.1, 0.15) is 16.1 Å². The third kappa shape index (κ3) is 4.21. The topological polar surface area (TPSA) is 91.6 Å². The Balaban J connectivity index is 1.70. The molecule has 1 N–H and O–H groups in total. The van der Waals surface area contributed by atoms with Gasteiger partial charge in [-0.05, 0) is 43.3 Å². The van der Waals surface area contributed by atoms with Gasteiger partial charge in [0.1, 0.15) is 11.4 Å². The van der Waals surface area contributed by atoms with Crippen molar-refractivity contribution < 1.29 is 19.1 Å². The van der Waals surface area contributed by atoms with E-state index in [4.69, 9.17) is 4.74 Å². The van der Waals surface area contributed by atoms with E-state index in [1.807, 2.05) is 30.3 Å². The van der Waals surface area contributed by atoms with Crippen LogP contribution in [-0.2, 0) is 16.6 Å². The van der Waals surface area contributed by atoms with E-state index in [9.17, 15) is 14.4 Å². The third-order valence-corrected chi connectivity index (χ3v) is 4.46. The molecule has 0 saturated heterocycles. The highest BCUT2D eigenvalue weighted by Gasteiger charge is 2.18. The molecule has 0 radical (unpaired) electrons. The number of carbonyl (C=O) groups is 2. The van der Waals surface area contributed by atoms with Crippen molar-refractivity contribution in [3.63, 3.8) is 0 Å². The van der Waals surface area contributed by atoms with Gasteiger partial charge >= 0.3 is 5.97 Å². The van der Waals surface area contributed by atoms with Crippen LogP contribution in [0.3, 0.4) is 0 Å². The lowest BCUT2D eigenvalue weighted by Gasteiger charge is -2.07. The fraction of sp³-hybridized carbons (Fsp3) is 0.190. The van der Waals surface area contributed by atoms with E-state index in [-0.39, 0.29) is 17.9 Å². The maximum atomic E-state index is 12.8. The highest BCUT2D eigenvalue weighted by Crippen LogP contribution is 2.15. The summed E-state index contributed by atoms with van der Waals surface area (Å²) in [7, 11) is 3.05. The number of rotatable bonds is 6. The Morgan fingerprint density at radius 1 is 1.03 bits per heavy atom. The molecule has 29 heavy (non-hydrogen) atoms. The predicted molar refractivity (Wildman–Crippen MR) is 108 cm³/mol. The van der Waals surface area contributed by atoms with Crippen molar-refractivity contribution in [2.24, 2.45) is 7.05 Å². The van der Waals surface area contributed by atoms with Crippen molar-refractivity contribution in [3.8, 4) is 11.4 Å². The second kappa shape index (κ2) is 8.47. The Morgan fingerprint density at radius 2 is 1.69 bits per heavy atom. The standard InChI is InChI=1S/C21H21N3O5/c1-14-19(20(26)24(23(14)2)16-7-5-4-6-8-16)22-18(25)13-29-17-11-9-15(10-12-17)21(27)28-3/h4-12H,13H2,1-3H3,(H,22,25). The van der Waals surface area contributed by atoms with Crippen LogP contribution in [0.5, 0.6) is 5.75 Å². The molecule has 0 fully saturated rings. The molecule has 1 aromatic heterocycles. The zero-order chi connectivity index (χ0) is 21.0. The molecule has 0 saturated carbocycles. The molecule has 8 nitrogen and oxygen atoms in total. The lowest BCUT2D eigenvalue weighted by atomic mass is 10.2. The molecule has 0 aliphatic carbocycles. The third-order valence-electron chi connectivity index (χ3n) is 4.46. The highest BCUT2D eigenvalue weighted by atomic mass is 16.5. The van der Waals surface area contributed by atoms with Crippen molar-refractivity contribution in [1.82, 2.24) is 9.36 Å². The minimum Gasteiger partial charge on any atom is -0.484 e. The van der Waals surface area contributed by atoms with Gasteiger partial charge in [0.05, 0.1) is 24.1 Å². The first-order valence-electron chi connectivity index (χ1n) is 8.87. The Kier molecular flexibility index (Phi) is 5.82. The molecule has 1 heterocycles. The second-order valence-electron chi connectivity index (χ2n) is 6.29. The van der Waals surface area contributed by atoms with E-state index in [1.54, 1.807) is 42.9 Å². The number of hydrogen-bond donors (Lipinski definition) is 1. The minimum absolute atomic E-state index is 0.200. The van der Waals surface area contributed by atoms with Gasteiger partial charge in [-0.15, -0.1) is 0 Å². The summed E-state index contributed by atoms with van der Waals surface area (Å²) < 4.78 is 13.2. The molecular formula is C21H21N3O5. The lowest BCUT2D eigenvalue weighted by Crippen LogP contribution is -2.25. The number of methoxy groups -OCH3 is 1. The summed E-state index contributed by atoms with van der Waals surface area (Å²) in [5.74, 6) is -0.504. The number of esters is 1. The van der Waals surface area contributed by atoms with Gasteiger partial charge in [0.2, 0.25) is 0 Å². The fourth-order valence-corrected chi connectivity index (χ4v) is 2.84. The zero-order valence-electron chi connectivity index (χ0n) is 16.3. The first-order chi connectivity index (χ1) is 13.9. The normalized spacial score (nSPS) is 10.4. The number of anilines is 1. The van der Waals surface area contributed by atoms with Crippen LogP contribution in [0.15, 0.2) is 59.4 Å². The van der Waals surface area contributed by atoms with Crippen molar-refractivity contribution in [3.05, 3.63) is 76.2 Å². The van der Waals surface area contributed by atoms with Crippen LogP contribution in [0, 0.1) is 6.92 Å². The van der Waals surface area contributed by atoms with Crippen molar-refractivity contribution in [1.29, 1.82) is 0 Å². The first-order valence-corrected chi connectivity index (χ1v) is 8.87. The van der Waals surface area contributed by atoms with E-state index in [0.29, 0.717) is 22.7 Å². The van der Waals surface area contributed by atoms with E-state index >= 15 is 0 Å². The number of hydrogen-bond acceptors (Lipinski definition) is 5. The number of benzene rings is 2. The number of amides is 1. The summed E-state index contributed by atoms with van der Waals surface area (Å²) in [4.78, 5) is 36.5. The Bertz CT molecular complexity index is 1080. The molecule has 1 amide bonds. The summed E-state index contributed by atoms with van der Waals surface area (Å²) in [5.41, 5.74) is 1.57. The summed E-state index contributed by atoms with van der Waals surface area (Å²) in [6, 6.07) is 15.4. The fourth-order valence-electron chi connectivity index (χ4n) is 2.84. The lowest BCUT2D eigenvalue weighted by molar-refractivity contribution is -0.118. The SMILES string of the molecule is COC(=O)c1ccc(OCC(=O)Nc2c(C)n(C)n(-c3ccccc3)c2=O)cc1. The van der Waals surface area contributed by atoms with Crippen LogP contribution in [0.2, 0.25) is 0 Å². The van der Waals surface area contributed by atoms with E-state index in [0.717, 1.165) is 0 Å². The van der Waals surface area contributed by atoms with E-state index in [2.05, 4.69) is 10.1 Å². The van der Waals surface area contributed by atoms with Crippen LogP contribution < -0.4 is 15.6 Å². The Labute approximate surface area is 167 Å². The number of aromatic nitrogens is 2. The number of nitrogens with zero attached hydrogens (tertiary/aromatic N) is 2. The van der Waals surface area contributed by atoms with Gasteiger partial charge in [-0.1, -0.05) is 18.2 Å². The molecule has 8 heteroatoms. The molecule has 3 rings (SSSR count). The summed E-state index contributed by atoms with van der Waals surface area (Å²) >= 11 is 0. The summed E-state index contributed by atoms with van der Waals surface area (Å²) in [6.45, 7) is 1.47. The molecule has 0 unspecified atom stereocenters. The van der Waals surface area contributed by atoms with Crippen molar-refractivity contribution >= 4 is 17.6 Å². The predicted octanol–water partition coefficient (Wildman–Crippen LogP) is 2.29. The monoisotopic (exact) mass is 395 g/mol.